The number of hydrogen-bond donors (Lipinski definition) is 1. The van der Waals surface area contributed by atoms with Crippen molar-refractivity contribution in [1.29, 1.82) is 0 Å². The summed E-state index contributed by atoms with van der Waals surface area (Å²) in [4.78, 5) is 0. The van der Waals surface area contributed by atoms with E-state index in [1.807, 2.05) is 56.3 Å². The van der Waals surface area contributed by atoms with E-state index in [0.717, 1.165) is 34.4 Å². The SMILES string of the molecule is Cc1ccc(-c2cc(CS(=O)(=O)NC(C)c3ccc4c(c3)CCO4)on2)cc1. The van der Waals surface area contributed by atoms with Gasteiger partial charge in [-0.15, -0.1) is 0 Å². The number of aryl methyl sites for hydroxylation is 1. The lowest BCUT2D eigenvalue weighted by atomic mass is 10.0. The van der Waals surface area contributed by atoms with Gasteiger partial charge < -0.3 is 9.26 Å². The molecule has 1 N–H and O–H groups in total. The van der Waals surface area contributed by atoms with Crippen LogP contribution in [0.2, 0.25) is 0 Å². The molecule has 146 valence electrons. The zero-order chi connectivity index (χ0) is 19.7. The van der Waals surface area contributed by atoms with Gasteiger partial charge in [-0.05, 0) is 31.0 Å². The Kier molecular flexibility index (Phi) is 4.95. The minimum atomic E-state index is -3.59. The first kappa shape index (κ1) is 18.7. The average Bonchev–Trinajstić information content (AvgIpc) is 3.30. The Hall–Kier alpha value is -2.64. The fourth-order valence-corrected chi connectivity index (χ4v) is 4.55. The topological polar surface area (TPSA) is 81.4 Å². The Bertz CT molecular complexity index is 1090. The highest BCUT2D eigenvalue weighted by Crippen LogP contribution is 2.28. The van der Waals surface area contributed by atoms with Gasteiger partial charge in [-0.3, -0.25) is 0 Å². The first-order valence-electron chi connectivity index (χ1n) is 9.18. The maximum atomic E-state index is 12.6. The second kappa shape index (κ2) is 7.41. The van der Waals surface area contributed by atoms with Crippen LogP contribution >= 0.6 is 0 Å². The summed E-state index contributed by atoms with van der Waals surface area (Å²) in [6.45, 7) is 4.51. The third kappa shape index (κ3) is 4.10. The van der Waals surface area contributed by atoms with Crippen LogP contribution in [-0.4, -0.2) is 20.2 Å². The van der Waals surface area contributed by atoms with E-state index in [9.17, 15) is 8.42 Å². The van der Waals surface area contributed by atoms with Gasteiger partial charge in [-0.25, -0.2) is 13.1 Å². The number of ether oxygens (including phenoxy) is 1. The predicted octanol–water partition coefficient (Wildman–Crippen LogP) is 3.77. The molecule has 1 aromatic heterocycles. The lowest BCUT2D eigenvalue weighted by Gasteiger charge is -2.15. The van der Waals surface area contributed by atoms with Crippen molar-refractivity contribution in [2.24, 2.45) is 0 Å². The maximum Gasteiger partial charge on any atom is 0.219 e. The van der Waals surface area contributed by atoms with E-state index in [-0.39, 0.29) is 11.8 Å². The molecule has 1 aliphatic heterocycles. The molecule has 6 nitrogen and oxygen atoms in total. The number of benzene rings is 2. The molecule has 3 aromatic rings. The molecule has 4 rings (SSSR count). The monoisotopic (exact) mass is 398 g/mol. The van der Waals surface area contributed by atoms with E-state index < -0.39 is 10.0 Å². The summed E-state index contributed by atoms with van der Waals surface area (Å²) in [6.07, 6.45) is 0.850. The quantitative estimate of drug-likeness (QED) is 0.684. The highest BCUT2D eigenvalue weighted by atomic mass is 32.2. The average molecular weight is 398 g/mol. The molecule has 0 amide bonds. The number of nitrogens with one attached hydrogen (secondary N) is 1. The van der Waals surface area contributed by atoms with Crippen molar-refractivity contribution in [3.63, 3.8) is 0 Å². The van der Waals surface area contributed by atoms with Crippen molar-refractivity contribution >= 4 is 10.0 Å². The van der Waals surface area contributed by atoms with E-state index in [2.05, 4.69) is 9.88 Å². The molecule has 2 heterocycles. The van der Waals surface area contributed by atoms with Crippen LogP contribution in [0.4, 0.5) is 0 Å². The van der Waals surface area contributed by atoms with Gasteiger partial charge in [0.2, 0.25) is 10.0 Å². The molecule has 28 heavy (non-hydrogen) atoms. The van der Waals surface area contributed by atoms with Gasteiger partial charge in [0.15, 0.2) is 5.76 Å². The Morgan fingerprint density at radius 3 is 2.71 bits per heavy atom. The number of nitrogens with zero attached hydrogens (tertiary/aromatic N) is 1. The highest BCUT2D eigenvalue weighted by Gasteiger charge is 2.21. The molecule has 7 heteroatoms. The third-order valence-electron chi connectivity index (χ3n) is 4.81. The molecular formula is C21H22N2O4S. The normalized spacial score (nSPS) is 14.5. The van der Waals surface area contributed by atoms with Crippen LogP contribution in [0.3, 0.4) is 0 Å². The Morgan fingerprint density at radius 1 is 1.14 bits per heavy atom. The van der Waals surface area contributed by atoms with Crippen LogP contribution < -0.4 is 9.46 Å². The van der Waals surface area contributed by atoms with Gasteiger partial charge in [0.05, 0.1) is 6.61 Å². The second-order valence-electron chi connectivity index (χ2n) is 7.11. The number of hydrogen-bond acceptors (Lipinski definition) is 5. The molecule has 1 atom stereocenters. The third-order valence-corrected chi connectivity index (χ3v) is 6.19. The summed E-state index contributed by atoms with van der Waals surface area (Å²) in [7, 11) is -3.59. The number of aromatic nitrogens is 1. The van der Waals surface area contributed by atoms with Crippen molar-refractivity contribution in [2.75, 3.05) is 6.61 Å². The van der Waals surface area contributed by atoms with Gasteiger partial charge in [-0.1, -0.05) is 47.1 Å². The Balaban J connectivity index is 1.45. The summed E-state index contributed by atoms with van der Waals surface area (Å²) >= 11 is 0. The fourth-order valence-electron chi connectivity index (χ4n) is 3.28. The molecule has 0 saturated carbocycles. The zero-order valence-corrected chi connectivity index (χ0v) is 16.6. The molecule has 0 fully saturated rings. The van der Waals surface area contributed by atoms with Crippen LogP contribution in [0.15, 0.2) is 53.1 Å². The van der Waals surface area contributed by atoms with Crippen LogP contribution in [0.1, 0.15) is 35.4 Å². The van der Waals surface area contributed by atoms with Crippen LogP contribution in [0.5, 0.6) is 5.75 Å². The summed E-state index contributed by atoms with van der Waals surface area (Å²) in [5.41, 5.74) is 4.68. The van der Waals surface area contributed by atoms with Crippen LogP contribution in [0, 0.1) is 6.92 Å². The largest absolute Gasteiger partial charge is 0.493 e. The summed E-state index contributed by atoms with van der Waals surface area (Å²) < 4.78 is 38.6. The second-order valence-corrected chi connectivity index (χ2v) is 8.86. The van der Waals surface area contributed by atoms with Gasteiger partial charge in [0.25, 0.3) is 0 Å². The highest BCUT2D eigenvalue weighted by molar-refractivity contribution is 7.88. The molecule has 0 radical (unpaired) electrons. The maximum absolute atomic E-state index is 12.6. The van der Waals surface area contributed by atoms with E-state index in [1.54, 1.807) is 6.07 Å². The van der Waals surface area contributed by atoms with E-state index in [1.165, 1.54) is 0 Å². The zero-order valence-electron chi connectivity index (χ0n) is 15.8. The van der Waals surface area contributed by atoms with E-state index in [4.69, 9.17) is 9.26 Å². The standard InChI is InChI=1S/C21H22N2O4S/c1-14-3-5-16(6-4-14)20-12-19(27-22-20)13-28(24,25)23-15(2)17-7-8-21-18(11-17)9-10-26-21/h3-8,11-12,15,23H,9-10,13H2,1-2H3. The number of rotatable bonds is 6. The van der Waals surface area contributed by atoms with Crippen molar-refractivity contribution in [3.05, 3.63) is 71.0 Å². The molecule has 0 spiro atoms. The first-order valence-corrected chi connectivity index (χ1v) is 10.8. The minimum absolute atomic E-state index is 0.260. The van der Waals surface area contributed by atoms with Crippen molar-refractivity contribution in [1.82, 2.24) is 9.88 Å². The summed E-state index contributed by atoms with van der Waals surface area (Å²) in [5.74, 6) is 0.922. The molecule has 0 saturated heterocycles. The fraction of sp³-hybridized carbons (Fsp3) is 0.286. The van der Waals surface area contributed by atoms with Crippen LogP contribution in [-0.2, 0) is 22.2 Å². The molecule has 0 bridgehead atoms. The van der Waals surface area contributed by atoms with Crippen LogP contribution in [0.25, 0.3) is 11.3 Å². The lowest BCUT2D eigenvalue weighted by molar-refractivity contribution is 0.357. The van der Waals surface area contributed by atoms with Gasteiger partial charge in [-0.2, -0.15) is 0 Å². The molecule has 2 aromatic carbocycles. The Labute approximate surface area is 164 Å². The predicted molar refractivity (Wildman–Crippen MR) is 106 cm³/mol. The molecule has 1 aliphatic rings. The van der Waals surface area contributed by atoms with Crippen molar-refractivity contribution in [3.8, 4) is 17.0 Å². The minimum Gasteiger partial charge on any atom is -0.493 e. The molecular weight excluding hydrogens is 376 g/mol. The number of fused-ring (bicyclic) bond motifs is 1. The number of sulfonamides is 1. The van der Waals surface area contributed by atoms with Gasteiger partial charge in [0, 0.05) is 24.1 Å². The molecule has 1 unspecified atom stereocenters. The van der Waals surface area contributed by atoms with E-state index in [0.29, 0.717) is 18.1 Å². The molecule has 0 aliphatic carbocycles. The van der Waals surface area contributed by atoms with Gasteiger partial charge in [0.1, 0.15) is 17.2 Å². The summed E-state index contributed by atoms with van der Waals surface area (Å²) in [6, 6.07) is 14.9. The Morgan fingerprint density at radius 2 is 1.93 bits per heavy atom. The first-order chi connectivity index (χ1) is 13.4. The van der Waals surface area contributed by atoms with Crippen molar-refractivity contribution in [2.45, 2.75) is 32.1 Å². The van der Waals surface area contributed by atoms with Gasteiger partial charge >= 0.3 is 0 Å². The van der Waals surface area contributed by atoms with E-state index >= 15 is 0 Å². The lowest BCUT2D eigenvalue weighted by Crippen LogP contribution is -2.28. The smallest absolute Gasteiger partial charge is 0.219 e. The van der Waals surface area contributed by atoms with Crippen molar-refractivity contribution < 1.29 is 17.7 Å². The summed E-state index contributed by atoms with van der Waals surface area (Å²) in [5, 5.41) is 4.00.